The number of aryl methyl sites for hydroxylation is 2. The number of amides is 1. The van der Waals surface area contributed by atoms with E-state index in [9.17, 15) is 4.79 Å². The Labute approximate surface area is 151 Å². The van der Waals surface area contributed by atoms with Crippen LogP contribution in [0.5, 0.6) is 5.75 Å². The number of fused-ring (bicyclic) bond motifs is 1. The van der Waals surface area contributed by atoms with Crippen molar-refractivity contribution in [3.05, 3.63) is 59.2 Å². The molecule has 3 rings (SSSR count). The molecular formula is C20H20N4O2. The van der Waals surface area contributed by atoms with Crippen LogP contribution in [0.1, 0.15) is 21.5 Å². The van der Waals surface area contributed by atoms with Crippen molar-refractivity contribution in [1.29, 1.82) is 0 Å². The van der Waals surface area contributed by atoms with Crippen LogP contribution in [0, 0.1) is 13.8 Å². The Balaban J connectivity index is 2.39. The second-order valence-corrected chi connectivity index (χ2v) is 6.02. The lowest BCUT2D eigenvalue weighted by Crippen LogP contribution is -2.24. The number of hydrogen-bond acceptors (Lipinski definition) is 3. The molecule has 0 radical (unpaired) electrons. The van der Waals surface area contributed by atoms with Gasteiger partial charge in [-0.25, -0.2) is 4.98 Å². The first-order chi connectivity index (χ1) is 12.4. The summed E-state index contributed by atoms with van der Waals surface area (Å²) in [4.78, 5) is 21.1. The number of nitrogens with zero attached hydrogens (tertiary/aromatic N) is 2. The Morgan fingerprint density at radius 2 is 1.81 bits per heavy atom. The SMILES string of the molecule is COc1c(C)ccc2nc(-c3ccccc3C)cc(C(=O)N=C(N)N)c12. The molecule has 0 aliphatic rings. The van der Waals surface area contributed by atoms with Crippen LogP contribution in [0.4, 0.5) is 0 Å². The minimum absolute atomic E-state index is 0.288. The molecule has 0 bridgehead atoms. The minimum atomic E-state index is -0.531. The molecule has 0 saturated carbocycles. The third kappa shape index (κ3) is 3.09. The summed E-state index contributed by atoms with van der Waals surface area (Å²) in [6.07, 6.45) is 0. The Bertz CT molecular complexity index is 1040. The second kappa shape index (κ2) is 6.84. The van der Waals surface area contributed by atoms with E-state index in [0.29, 0.717) is 27.9 Å². The smallest absolute Gasteiger partial charge is 0.281 e. The fraction of sp³-hybridized carbons (Fsp3) is 0.150. The highest BCUT2D eigenvalue weighted by Gasteiger charge is 2.19. The number of pyridine rings is 1. The van der Waals surface area contributed by atoms with Crippen LogP contribution in [-0.4, -0.2) is 24.0 Å². The molecule has 1 aromatic heterocycles. The number of hydrogen-bond donors (Lipinski definition) is 2. The van der Waals surface area contributed by atoms with Gasteiger partial charge >= 0.3 is 0 Å². The lowest BCUT2D eigenvalue weighted by atomic mass is 9.99. The molecule has 2 aromatic carbocycles. The topological polar surface area (TPSA) is 104 Å². The van der Waals surface area contributed by atoms with Crippen LogP contribution in [0.2, 0.25) is 0 Å². The lowest BCUT2D eigenvalue weighted by molar-refractivity contribution is 0.100. The van der Waals surface area contributed by atoms with Crippen LogP contribution in [-0.2, 0) is 0 Å². The van der Waals surface area contributed by atoms with Crippen LogP contribution < -0.4 is 16.2 Å². The van der Waals surface area contributed by atoms with E-state index in [4.69, 9.17) is 21.2 Å². The van der Waals surface area contributed by atoms with Gasteiger partial charge in [0.15, 0.2) is 5.96 Å². The van der Waals surface area contributed by atoms with E-state index in [0.717, 1.165) is 16.7 Å². The third-order valence-electron chi connectivity index (χ3n) is 4.21. The first kappa shape index (κ1) is 17.4. The Hall–Kier alpha value is -3.41. The van der Waals surface area contributed by atoms with Gasteiger partial charge in [-0.1, -0.05) is 30.3 Å². The first-order valence-electron chi connectivity index (χ1n) is 8.10. The maximum absolute atomic E-state index is 12.7. The van der Waals surface area contributed by atoms with E-state index in [-0.39, 0.29) is 5.96 Å². The van der Waals surface area contributed by atoms with Crippen LogP contribution in [0.3, 0.4) is 0 Å². The minimum Gasteiger partial charge on any atom is -0.496 e. The molecule has 0 unspecified atom stereocenters. The lowest BCUT2D eigenvalue weighted by Gasteiger charge is -2.14. The van der Waals surface area contributed by atoms with Crippen molar-refractivity contribution in [2.45, 2.75) is 13.8 Å². The van der Waals surface area contributed by atoms with Gasteiger partial charge in [0.05, 0.1) is 29.3 Å². The van der Waals surface area contributed by atoms with Crippen LogP contribution in [0.25, 0.3) is 22.2 Å². The molecule has 1 heterocycles. The summed E-state index contributed by atoms with van der Waals surface area (Å²) in [6.45, 7) is 3.90. The first-order valence-corrected chi connectivity index (χ1v) is 8.10. The van der Waals surface area contributed by atoms with Gasteiger partial charge in [-0.05, 0) is 37.1 Å². The zero-order valence-electron chi connectivity index (χ0n) is 14.9. The van der Waals surface area contributed by atoms with Gasteiger partial charge in [-0.2, -0.15) is 4.99 Å². The molecule has 132 valence electrons. The fourth-order valence-corrected chi connectivity index (χ4v) is 3.01. The number of guanidine groups is 1. The average molecular weight is 348 g/mol. The number of aromatic nitrogens is 1. The number of carbonyl (C=O) groups is 1. The summed E-state index contributed by atoms with van der Waals surface area (Å²) >= 11 is 0. The molecule has 0 atom stereocenters. The van der Waals surface area contributed by atoms with Crippen LogP contribution >= 0.6 is 0 Å². The Morgan fingerprint density at radius 3 is 2.46 bits per heavy atom. The number of nitrogens with two attached hydrogens (primary N) is 2. The van der Waals surface area contributed by atoms with Gasteiger partial charge < -0.3 is 16.2 Å². The largest absolute Gasteiger partial charge is 0.496 e. The van der Waals surface area contributed by atoms with Crippen molar-refractivity contribution in [2.75, 3.05) is 7.11 Å². The molecule has 0 saturated heterocycles. The molecular weight excluding hydrogens is 328 g/mol. The van der Waals surface area contributed by atoms with E-state index in [1.165, 1.54) is 0 Å². The predicted molar refractivity (Wildman–Crippen MR) is 103 cm³/mol. The van der Waals surface area contributed by atoms with Crippen molar-refractivity contribution in [3.63, 3.8) is 0 Å². The second-order valence-electron chi connectivity index (χ2n) is 6.02. The van der Waals surface area contributed by atoms with Crippen molar-refractivity contribution in [1.82, 2.24) is 4.98 Å². The van der Waals surface area contributed by atoms with E-state index < -0.39 is 5.91 Å². The summed E-state index contributed by atoms with van der Waals surface area (Å²) in [5, 5.41) is 0.597. The van der Waals surface area contributed by atoms with Crippen molar-refractivity contribution >= 4 is 22.8 Å². The zero-order chi connectivity index (χ0) is 18.8. The third-order valence-corrected chi connectivity index (χ3v) is 4.21. The molecule has 0 fully saturated rings. The molecule has 0 aliphatic carbocycles. The number of methoxy groups -OCH3 is 1. The summed E-state index contributed by atoms with van der Waals surface area (Å²) < 4.78 is 5.52. The molecule has 1 amide bonds. The predicted octanol–water partition coefficient (Wildman–Crippen LogP) is 2.94. The monoisotopic (exact) mass is 348 g/mol. The molecule has 6 heteroatoms. The number of rotatable bonds is 3. The van der Waals surface area contributed by atoms with E-state index in [1.807, 2.05) is 50.2 Å². The maximum atomic E-state index is 12.7. The van der Waals surface area contributed by atoms with Crippen LogP contribution in [0.15, 0.2) is 47.5 Å². The van der Waals surface area contributed by atoms with E-state index in [1.54, 1.807) is 13.2 Å². The van der Waals surface area contributed by atoms with Crippen molar-refractivity contribution < 1.29 is 9.53 Å². The maximum Gasteiger partial charge on any atom is 0.281 e. The Morgan fingerprint density at radius 1 is 1.08 bits per heavy atom. The fourth-order valence-electron chi connectivity index (χ4n) is 3.01. The molecule has 6 nitrogen and oxygen atoms in total. The quantitative estimate of drug-likeness (QED) is 0.559. The highest BCUT2D eigenvalue weighted by Crippen LogP contribution is 2.34. The number of carbonyl (C=O) groups excluding carboxylic acids is 1. The number of aliphatic imine (C=N–C) groups is 1. The van der Waals surface area contributed by atoms with E-state index >= 15 is 0 Å². The van der Waals surface area contributed by atoms with Gasteiger partial charge in [0.25, 0.3) is 5.91 Å². The molecule has 0 spiro atoms. The van der Waals surface area contributed by atoms with Crippen molar-refractivity contribution in [3.8, 4) is 17.0 Å². The molecule has 3 aromatic rings. The summed E-state index contributed by atoms with van der Waals surface area (Å²) in [5.41, 5.74) is 15.4. The summed E-state index contributed by atoms with van der Waals surface area (Å²) in [6, 6.07) is 13.3. The average Bonchev–Trinajstić information content (AvgIpc) is 2.60. The van der Waals surface area contributed by atoms with Gasteiger partial charge in [0, 0.05) is 5.56 Å². The normalized spacial score (nSPS) is 10.6. The molecule has 0 aliphatic heterocycles. The standard InChI is InChI=1S/C20H20N4O2/c1-11-6-4-5-7-13(11)16-10-14(19(25)24-20(21)22)17-15(23-16)9-8-12(2)18(17)26-3/h4-10H,1-3H3,(H4,21,22,24,25). The highest BCUT2D eigenvalue weighted by molar-refractivity contribution is 6.12. The van der Waals surface area contributed by atoms with Gasteiger partial charge in [-0.3, -0.25) is 4.79 Å². The number of benzene rings is 2. The van der Waals surface area contributed by atoms with E-state index in [2.05, 4.69) is 4.99 Å². The van der Waals surface area contributed by atoms with Gasteiger partial charge in [0.1, 0.15) is 5.75 Å². The number of ether oxygens (including phenoxy) is 1. The zero-order valence-corrected chi connectivity index (χ0v) is 14.9. The summed E-state index contributed by atoms with van der Waals surface area (Å²) in [7, 11) is 1.56. The highest BCUT2D eigenvalue weighted by atomic mass is 16.5. The summed E-state index contributed by atoms with van der Waals surface area (Å²) in [5.74, 6) is -0.236. The Kier molecular flexibility index (Phi) is 4.58. The van der Waals surface area contributed by atoms with Gasteiger partial charge in [0.2, 0.25) is 0 Å². The molecule has 4 N–H and O–H groups in total. The molecule has 26 heavy (non-hydrogen) atoms. The van der Waals surface area contributed by atoms with Crippen molar-refractivity contribution in [2.24, 2.45) is 16.5 Å². The van der Waals surface area contributed by atoms with Gasteiger partial charge in [-0.15, -0.1) is 0 Å².